The SMILES string of the molecule is C[C@H](NC(=O)C1=NN(C)C(=O)CC1)c1cccc(F)c1. The molecule has 1 heterocycles. The Bertz CT molecular complexity index is 571. The molecular formula is C14H16FN3O2. The van der Waals surface area contributed by atoms with Crippen LogP contribution in [0.1, 0.15) is 31.4 Å². The molecule has 1 aromatic carbocycles. The van der Waals surface area contributed by atoms with Gasteiger partial charge < -0.3 is 5.32 Å². The third-order valence-corrected chi connectivity index (χ3v) is 3.17. The molecule has 20 heavy (non-hydrogen) atoms. The smallest absolute Gasteiger partial charge is 0.267 e. The lowest BCUT2D eigenvalue weighted by Gasteiger charge is -2.20. The van der Waals surface area contributed by atoms with Gasteiger partial charge in [-0.05, 0) is 24.6 Å². The molecule has 0 radical (unpaired) electrons. The minimum absolute atomic E-state index is 0.111. The first-order valence-electron chi connectivity index (χ1n) is 6.37. The number of halogens is 1. The van der Waals surface area contributed by atoms with Gasteiger partial charge in [0, 0.05) is 19.9 Å². The second-order valence-corrected chi connectivity index (χ2v) is 4.71. The van der Waals surface area contributed by atoms with E-state index >= 15 is 0 Å². The number of amides is 2. The minimum Gasteiger partial charge on any atom is -0.344 e. The van der Waals surface area contributed by atoms with E-state index in [1.165, 1.54) is 24.2 Å². The predicted molar refractivity (Wildman–Crippen MR) is 72.4 cm³/mol. The van der Waals surface area contributed by atoms with Crippen LogP contribution in [0, 0.1) is 5.82 Å². The Morgan fingerprint density at radius 1 is 1.45 bits per heavy atom. The Kier molecular flexibility index (Phi) is 4.12. The highest BCUT2D eigenvalue weighted by molar-refractivity contribution is 6.39. The van der Waals surface area contributed by atoms with Gasteiger partial charge in [0.15, 0.2) is 0 Å². The van der Waals surface area contributed by atoms with Crippen LogP contribution in [0.2, 0.25) is 0 Å². The number of carbonyl (C=O) groups is 2. The first-order valence-corrected chi connectivity index (χ1v) is 6.37. The number of hydrazone groups is 1. The van der Waals surface area contributed by atoms with Crippen LogP contribution in [-0.4, -0.2) is 29.6 Å². The zero-order valence-electron chi connectivity index (χ0n) is 11.4. The summed E-state index contributed by atoms with van der Waals surface area (Å²) in [5.41, 5.74) is 0.995. The third-order valence-electron chi connectivity index (χ3n) is 3.17. The highest BCUT2D eigenvalue weighted by Gasteiger charge is 2.23. The van der Waals surface area contributed by atoms with Crippen molar-refractivity contribution >= 4 is 17.5 Å². The van der Waals surface area contributed by atoms with Gasteiger partial charge in [0.2, 0.25) is 5.91 Å². The number of nitrogens with one attached hydrogen (secondary N) is 1. The molecule has 106 valence electrons. The van der Waals surface area contributed by atoms with Crippen molar-refractivity contribution in [1.29, 1.82) is 0 Å². The third kappa shape index (κ3) is 3.20. The summed E-state index contributed by atoms with van der Waals surface area (Å²) in [6, 6.07) is 5.74. The molecule has 1 N–H and O–H groups in total. The molecule has 6 heteroatoms. The van der Waals surface area contributed by atoms with Gasteiger partial charge in [-0.3, -0.25) is 9.59 Å². The molecule has 1 aromatic rings. The Hall–Kier alpha value is -2.24. The van der Waals surface area contributed by atoms with Crippen molar-refractivity contribution in [2.75, 3.05) is 7.05 Å². The summed E-state index contributed by atoms with van der Waals surface area (Å²) in [5.74, 6) is -0.787. The number of nitrogens with zero attached hydrogens (tertiary/aromatic N) is 2. The van der Waals surface area contributed by atoms with Crippen LogP contribution >= 0.6 is 0 Å². The highest BCUT2D eigenvalue weighted by atomic mass is 19.1. The van der Waals surface area contributed by atoms with Gasteiger partial charge in [-0.15, -0.1) is 0 Å². The molecule has 1 aliphatic heterocycles. The molecule has 1 aliphatic rings. The van der Waals surface area contributed by atoms with Crippen LogP contribution in [0.15, 0.2) is 29.4 Å². The molecule has 2 rings (SSSR count). The Balaban J connectivity index is 2.05. The van der Waals surface area contributed by atoms with E-state index in [0.717, 1.165) is 0 Å². The molecule has 0 bridgehead atoms. The second-order valence-electron chi connectivity index (χ2n) is 4.71. The molecule has 0 fully saturated rings. The molecule has 5 nitrogen and oxygen atoms in total. The lowest BCUT2D eigenvalue weighted by molar-refractivity contribution is -0.130. The monoisotopic (exact) mass is 277 g/mol. The maximum Gasteiger partial charge on any atom is 0.267 e. The van der Waals surface area contributed by atoms with Crippen LogP contribution in [0.5, 0.6) is 0 Å². The molecular weight excluding hydrogens is 261 g/mol. The van der Waals surface area contributed by atoms with Gasteiger partial charge in [0.1, 0.15) is 11.5 Å². The van der Waals surface area contributed by atoms with Crippen LogP contribution in [-0.2, 0) is 9.59 Å². The summed E-state index contributed by atoms with van der Waals surface area (Å²) in [6.07, 6.45) is 0.599. The van der Waals surface area contributed by atoms with E-state index in [0.29, 0.717) is 17.7 Å². The number of hydrogen-bond donors (Lipinski definition) is 1. The first kappa shape index (κ1) is 14.2. The van der Waals surface area contributed by atoms with Crippen molar-refractivity contribution in [3.05, 3.63) is 35.6 Å². The van der Waals surface area contributed by atoms with Gasteiger partial charge in [-0.25, -0.2) is 9.40 Å². The predicted octanol–water partition coefficient (Wildman–Crippen LogP) is 1.61. The zero-order chi connectivity index (χ0) is 14.7. The average molecular weight is 277 g/mol. The molecule has 0 aliphatic carbocycles. The number of rotatable bonds is 3. The fourth-order valence-electron chi connectivity index (χ4n) is 1.97. The van der Waals surface area contributed by atoms with Crippen LogP contribution in [0.3, 0.4) is 0 Å². The number of carbonyl (C=O) groups excluding carboxylic acids is 2. The van der Waals surface area contributed by atoms with Gasteiger partial charge in [0.25, 0.3) is 5.91 Å². The molecule has 0 aromatic heterocycles. The van der Waals surface area contributed by atoms with E-state index in [1.54, 1.807) is 19.1 Å². The van der Waals surface area contributed by atoms with Gasteiger partial charge in [-0.2, -0.15) is 5.10 Å². The standard InChI is InChI=1S/C14H16FN3O2/c1-9(10-4-3-5-11(15)8-10)16-14(20)12-6-7-13(19)18(2)17-12/h3-5,8-9H,6-7H2,1-2H3,(H,16,20)/t9-/m0/s1. The fourth-order valence-corrected chi connectivity index (χ4v) is 1.97. The lowest BCUT2D eigenvalue weighted by Crippen LogP contribution is -2.38. The van der Waals surface area contributed by atoms with E-state index in [1.807, 2.05) is 0 Å². The quantitative estimate of drug-likeness (QED) is 0.912. The summed E-state index contributed by atoms with van der Waals surface area (Å²) in [4.78, 5) is 23.3. The topological polar surface area (TPSA) is 61.8 Å². The Labute approximate surface area is 116 Å². The maximum absolute atomic E-state index is 13.1. The largest absolute Gasteiger partial charge is 0.344 e. The van der Waals surface area contributed by atoms with Crippen molar-refractivity contribution in [3.8, 4) is 0 Å². The normalized spacial score (nSPS) is 16.6. The molecule has 1 atom stereocenters. The molecule has 0 saturated carbocycles. The summed E-state index contributed by atoms with van der Waals surface area (Å²) in [7, 11) is 1.52. The van der Waals surface area contributed by atoms with Crippen LogP contribution in [0.25, 0.3) is 0 Å². The Morgan fingerprint density at radius 3 is 2.85 bits per heavy atom. The zero-order valence-corrected chi connectivity index (χ0v) is 11.4. The van der Waals surface area contributed by atoms with Crippen molar-refractivity contribution in [2.45, 2.75) is 25.8 Å². The van der Waals surface area contributed by atoms with Crippen molar-refractivity contribution in [2.24, 2.45) is 5.10 Å². The van der Waals surface area contributed by atoms with Gasteiger partial charge in [-0.1, -0.05) is 12.1 Å². The second kappa shape index (κ2) is 5.81. The van der Waals surface area contributed by atoms with E-state index in [-0.39, 0.29) is 30.1 Å². The van der Waals surface area contributed by atoms with E-state index in [9.17, 15) is 14.0 Å². The molecule has 0 saturated heterocycles. The summed E-state index contributed by atoms with van der Waals surface area (Å²) >= 11 is 0. The summed E-state index contributed by atoms with van der Waals surface area (Å²) < 4.78 is 13.1. The highest BCUT2D eigenvalue weighted by Crippen LogP contribution is 2.14. The first-order chi connectivity index (χ1) is 9.47. The van der Waals surface area contributed by atoms with Crippen molar-refractivity contribution in [3.63, 3.8) is 0 Å². The summed E-state index contributed by atoms with van der Waals surface area (Å²) in [5, 5.41) is 7.87. The molecule has 0 unspecified atom stereocenters. The van der Waals surface area contributed by atoms with Crippen LogP contribution in [0.4, 0.5) is 4.39 Å². The average Bonchev–Trinajstić information content (AvgIpc) is 2.41. The Morgan fingerprint density at radius 2 is 2.20 bits per heavy atom. The summed E-state index contributed by atoms with van der Waals surface area (Å²) in [6.45, 7) is 1.77. The minimum atomic E-state index is -0.344. The van der Waals surface area contributed by atoms with Crippen LogP contribution < -0.4 is 5.32 Å². The maximum atomic E-state index is 13.1. The van der Waals surface area contributed by atoms with E-state index < -0.39 is 0 Å². The number of hydrogen-bond acceptors (Lipinski definition) is 3. The van der Waals surface area contributed by atoms with Gasteiger partial charge >= 0.3 is 0 Å². The van der Waals surface area contributed by atoms with E-state index in [4.69, 9.17) is 0 Å². The molecule has 0 spiro atoms. The number of benzene rings is 1. The fraction of sp³-hybridized carbons (Fsp3) is 0.357. The lowest BCUT2D eigenvalue weighted by atomic mass is 10.1. The molecule has 2 amide bonds. The van der Waals surface area contributed by atoms with Crippen molar-refractivity contribution < 1.29 is 14.0 Å². The van der Waals surface area contributed by atoms with Crippen molar-refractivity contribution in [1.82, 2.24) is 10.3 Å². The van der Waals surface area contributed by atoms with Gasteiger partial charge in [0.05, 0.1) is 6.04 Å². The van der Waals surface area contributed by atoms with E-state index in [2.05, 4.69) is 10.4 Å².